The number of carboxylic acid groups (broad SMARTS) is 2. The summed E-state index contributed by atoms with van der Waals surface area (Å²) in [4.78, 5) is 18.2. The van der Waals surface area contributed by atoms with Gasteiger partial charge in [-0.2, -0.15) is 0 Å². The van der Waals surface area contributed by atoms with Crippen LogP contribution in [0.2, 0.25) is 0 Å². The molecule has 3 rings (SSSR count). The minimum Gasteiger partial charge on any atom is -0.490 e. The molecule has 0 saturated heterocycles. The Labute approximate surface area is 218 Å². The van der Waals surface area contributed by atoms with Crippen LogP contribution >= 0.6 is 0 Å². The van der Waals surface area contributed by atoms with Gasteiger partial charge in [-0.15, -0.1) is 0 Å². The molecule has 9 heteroatoms. The van der Waals surface area contributed by atoms with E-state index in [0.717, 1.165) is 35.9 Å². The number of aliphatic carboxylic acids is 2. The highest BCUT2D eigenvalue weighted by Crippen LogP contribution is 2.30. The van der Waals surface area contributed by atoms with E-state index in [-0.39, 0.29) is 12.2 Å². The minimum atomic E-state index is -1.82. The van der Waals surface area contributed by atoms with Crippen molar-refractivity contribution in [3.8, 4) is 17.2 Å². The van der Waals surface area contributed by atoms with Gasteiger partial charge in [0.05, 0.1) is 18.3 Å². The summed E-state index contributed by atoms with van der Waals surface area (Å²) in [5, 5.41) is 27.9. The highest BCUT2D eigenvalue weighted by atomic mass is 16.5. The maximum Gasteiger partial charge on any atom is 0.414 e. The van der Waals surface area contributed by atoms with Gasteiger partial charge in [-0.3, -0.25) is 0 Å². The summed E-state index contributed by atoms with van der Waals surface area (Å²) in [5.74, 6) is -1.22. The smallest absolute Gasteiger partial charge is 0.414 e. The summed E-state index contributed by atoms with van der Waals surface area (Å²) in [6, 6.07) is 14.2. The van der Waals surface area contributed by atoms with Gasteiger partial charge in [0.2, 0.25) is 0 Å². The van der Waals surface area contributed by atoms with Crippen LogP contribution < -0.4 is 19.5 Å². The number of aliphatic hydroxyl groups is 1. The lowest BCUT2D eigenvalue weighted by Gasteiger charge is -2.17. The Balaban J connectivity index is 0.000000717. The second-order valence-corrected chi connectivity index (χ2v) is 9.31. The molecule has 37 heavy (non-hydrogen) atoms. The van der Waals surface area contributed by atoms with Crippen molar-refractivity contribution in [3.05, 3.63) is 53.6 Å². The first-order chi connectivity index (χ1) is 17.6. The molecular formula is C28H39NO8. The van der Waals surface area contributed by atoms with Crippen LogP contribution in [0.1, 0.15) is 57.6 Å². The topological polar surface area (TPSA) is 135 Å². The average Bonchev–Trinajstić information content (AvgIpc) is 3.33. The van der Waals surface area contributed by atoms with E-state index in [2.05, 4.69) is 23.5 Å². The van der Waals surface area contributed by atoms with Crippen LogP contribution in [0.4, 0.5) is 0 Å². The van der Waals surface area contributed by atoms with Crippen molar-refractivity contribution >= 4 is 11.9 Å². The fourth-order valence-corrected chi connectivity index (χ4v) is 3.88. The molecule has 9 nitrogen and oxygen atoms in total. The molecule has 4 N–H and O–H groups in total. The van der Waals surface area contributed by atoms with Crippen LogP contribution in [0.5, 0.6) is 17.2 Å². The minimum absolute atomic E-state index is 0.0711. The highest BCUT2D eigenvalue weighted by Gasteiger charge is 2.16. The van der Waals surface area contributed by atoms with Crippen LogP contribution in [-0.2, 0) is 22.6 Å². The number of benzene rings is 2. The molecular weight excluding hydrogens is 478 g/mol. The molecule has 1 unspecified atom stereocenters. The lowest BCUT2D eigenvalue weighted by atomic mass is 10.1. The maximum absolute atomic E-state index is 9.67. The number of rotatable bonds is 12. The van der Waals surface area contributed by atoms with Gasteiger partial charge in [0.1, 0.15) is 12.4 Å². The SMILES string of the molecule is CC(O)Cc1ccc(OC(C)C)c(OCCNCc2cccc(OC3CCCC3)c2)c1.O=C(O)C(=O)O. The number of hydrogen-bond acceptors (Lipinski definition) is 7. The summed E-state index contributed by atoms with van der Waals surface area (Å²) in [5.41, 5.74) is 2.24. The highest BCUT2D eigenvalue weighted by molar-refractivity contribution is 6.27. The molecule has 1 fully saturated rings. The second-order valence-electron chi connectivity index (χ2n) is 9.31. The normalized spacial score (nSPS) is 14.0. The number of ether oxygens (including phenoxy) is 3. The molecule has 0 bridgehead atoms. The quantitative estimate of drug-likeness (QED) is 0.243. The van der Waals surface area contributed by atoms with E-state index in [1.165, 1.54) is 31.2 Å². The first kappa shape index (κ1) is 29.9. The number of hydrogen-bond donors (Lipinski definition) is 4. The van der Waals surface area contributed by atoms with E-state index in [1.807, 2.05) is 38.1 Å². The zero-order valence-electron chi connectivity index (χ0n) is 21.8. The summed E-state index contributed by atoms with van der Waals surface area (Å²) < 4.78 is 18.0. The Morgan fingerprint density at radius 1 is 0.973 bits per heavy atom. The fourth-order valence-electron chi connectivity index (χ4n) is 3.88. The molecule has 0 spiro atoms. The Kier molecular flexibility index (Phi) is 12.7. The van der Waals surface area contributed by atoms with E-state index in [4.69, 9.17) is 34.0 Å². The predicted octanol–water partition coefficient (Wildman–Crippen LogP) is 4.04. The first-order valence-corrected chi connectivity index (χ1v) is 12.7. The number of aliphatic hydroxyl groups excluding tert-OH is 1. The van der Waals surface area contributed by atoms with Crippen molar-refractivity contribution in [2.45, 2.75) is 77.7 Å². The summed E-state index contributed by atoms with van der Waals surface area (Å²) in [7, 11) is 0. The van der Waals surface area contributed by atoms with Gasteiger partial charge in [0.15, 0.2) is 11.5 Å². The second kappa shape index (κ2) is 15.7. The molecule has 0 aliphatic heterocycles. The zero-order chi connectivity index (χ0) is 27.2. The van der Waals surface area contributed by atoms with E-state index >= 15 is 0 Å². The molecule has 1 saturated carbocycles. The van der Waals surface area contributed by atoms with Crippen LogP contribution in [-0.4, -0.2) is 58.7 Å². The molecule has 0 aromatic heterocycles. The van der Waals surface area contributed by atoms with Crippen molar-refractivity contribution in [3.63, 3.8) is 0 Å². The molecule has 1 atom stereocenters. The third-order valence-corrected chi connectivity index (χ3v) is 5.45. The largest absolute Gasteiger partial charge is 0.490 e. The van der Waals surface area contributed by atoms with Crippen molar-refractivity contribution in [1.29, 1.82) is 0 Å². The molecule has 1 aliphatic carbocycles. The molecule has 2 aromatic rings. The third kappa shape index (κ3) is 12.0. The fraction of sp³-hybridized carbons (Fsp3) is 0.500. The Bertz CT molecular complexity index is 974. The van der Waals surface area contributed by atoms with Crippen molar-refractivity contribution in [1.82, 2.24) is 5.32 Å². The van der Waals surface area contributed by atoms with Crippen LogP contribution in [0, 0.1) is 0 Å². The molecule has 204 valence electrons. The maximum atomic E-state index is 9.67. The van der Waals surface area contributed by atoms with Gasteiger partial charge in [-0.05, 0) is 88.3 Å². The van der Waals surface area contributed by atoms with E-state index in [1.54, 1.807) is 6.92 Å². The van der Waals surface area contributed by atoms with Crippen LogP contribution in [0.25, 0.3) is 0 Å². The standard InChI is InChI=1S/C26H37NO4.C2H2O4/c1-19(2)30-25-12-11-21(15-20(3)28)17-26(25)29-14-13-27-18-22-7-6-10-24(16-22)31-23-8-4-5-9-23;3-1(4)2(5)6/h6-7,10-12,16-17,19-20,23,27-28H,4-5,8-9,13-15,18H2,1-3H3;(H,3,4)(H,5,6). The van der Waals surface area contributed by atoms with Gasteiger partial charge in [-0.25, -0.2) is 9.59 Å². The van der Waals surface area contributed by atoms with E-state index in [9.17, 15) is 5.11 Å². The molecule has 0 heterocycles. The first-order valence-electron chi connectivity index (χ1n) is 12.7. The van der Waals surface area contributed by atoms with Gasteiger partial charge in [0.25, 0.3) is 0 Å². The van der Waals surface area contributed by atoms with Crippen LogP contribution in [0.3, 0.4) is 0 Å². The van der Waals surface area contributed by atoms with Crippen LogP contribution in [0.15, 0.2) is 42.5 Å². The van der Waals surface area contributed by atoms with Gasteiger partial charge >= 0.3 is 11.9 Å². The Morgan fingerprint density at radius 3 is 2.30 bits per heavy atom. The molecule has 1 aliphatic rings. The molecule has 2 aromatic carbocycles. The summed E-state index contributed by atoms with van der Waals surface area (Å²) >= 11 is 0. The van der Waals surface area contributed by atoms with E-state index < -0.39 is 11.9 Å². The monoisotopic (exact) mass is 517 g/mol. The predicted molar refractivity (Wildman–Crippen MR) is 139 cm³/mol. The van der Waals surface area contributed by atoms with Crippen molar-refractivity contribution in [2.24, 2.45) is 0 Å². The third-order valence-electron chi connectivity index (χ3n) is 5.45. The number of carbonyl (C=O) groups is 2. The van der Waals surface area contributed by atoms with E-state index in [0.29, 0.717) is 19.1 Å². The zero-order valence-corrected chi connectivity index (χ0v) is 21.8. The van der Waals surface area contributed by atoms with Gasteiger partial charge in [0, 0.05) is 13.1 Å². The number of carboxylic acids is 2. The average molecular weight is 518 g/mol. The molecule has 0 radical (unpaired) electrons. The number of nitrogens with one attached hydrogen (secondary N) is 1. The summed E-state index contributed by atoms with van der Waals surface area (Å²) in [6.45, 7) is 7.80. The Hall–Kier alpha value is -3.30. The summed E-state index contributed by atoms with van der Waals surface area (Å²) in [6.07, 6.45) is 5.54. The Morgan fingerprint density at radius 2 is 1.68 bits per heavy atom. The van der Waals surface area contributed by atoms with Crippen molar-refractivity contribution in [2.75, 3.05) is 13.2 Å². The van der Waals surface area contributed by atoms with Gasteiger partial charge in [-0.1, -0.05) is 18.2 Å². The van der Waals surface area contributed by atoms with Gasteiger partial charge < -0.3 is 34.8 Å². The lowest BCUT2D eigenvalue weighted by Crippen LogP contribution is -2.21. The lowest BCUT2D eigenvalue weighted by molar-refractivity contribution is -0.159. The van der Waals surface area contributed by atoms with Crippen molar-refractivity contribution < 1.29 is 39.1 Å². The molecule has 0 amide bonds.